The van der Waals surface area contributed by atoms with Gasteiger partial charge in [-0.25, -0.2) is 9.97 Å². The zero-order valence-electron chi connectivity index (χ0n) is 17.7. The van der Waals surface area contributed by atoms with Crippen molar-refractivity contribution in [1.82, 2.24) is 24.8 Å². The van der Waals surface area contributed by atoms with Gasteiger partial charge in [0, 0.05) is 42.2 Å². The van der Waals surface area contributed by atoms with Crippen LogP contribution >= 0.6 is 11.6 Å². The Balaban J connectivity index is 1.49. The highest BCUT2D eigenvalue weighted by molar-refractivity contribution is 6.30. The Morgan fingerprint density at radius 2 is 2.16 bits per heavy atom. The maximum absolute atomic E-state index is 12.7. The van der Waals surface area contributed by atoms with Gasteiger partial charge in [0.2, 0.25) is 5.95 Å². The van der Waals surface area contributed by atoms with Crippen molar-refractivity contribution in [3.05, 3.63) is 64.8 Å². The molecule has 0 radical (unpaired) electrons. The topological polar surface area (TPSA) is 114 Å². The maximum Gasteiger partial charge on any atom is 0.272 e. The first-order chi connectivity index (χ1) is 15.5. The van der Waals surface area contributed by atoms with Crippen LogP contribution in [0.15, 0.2) is 43.0 Å². The summed E-state index contributed by atoms with van der Waals surface area (Å²) in [5.41, 5.74) is 1.77. The van der Waals surface area contributed by atoms with E-state index < -0.39 is 11.9 Å². The number of aliphatic hydroxyl groups excluding tert-OH is 1. The van der Waals surface area contributed by atoms with E-state index in [9.17, 15) is 9.90 Å². The summed E-state index contributed by atoms with van der Waals surface area (Å²) in [5, 5.41) is 16.4. The molecular weight excluding hydrogens is 432 g/mol. The number of aliphatic hydroxyl groups is 1. The van der Waals surface area contributed by atoms with E-state index in [2.05, 4.69) is 25.6 Å². The van der Waals surface area contributed by atoms with Gasteiger partial charge in [-0.15, -0.1) is 0 Å². The number of benzene rings is 1. The van der Waals surface area contributed by atoms with Gasteiger partial charge in [0.25, 0.3) is 5.91 Å². The molecule has 1 amide bonds. The molecule has 10 heteroatoms. The Bertz CT molecular complexity index is 1080. The Kier molecular flexibility index (Phi) is 6.99. The number of imidazole rings is 1. The molecule has 9 nitrogen and oxygen atoms in total. The third-order valence-corrected chi connectivity index (χ3v) is 5.53. The number of nitrogens with one attached hydrogen (secondary N) is 2. The molecule has 3 heterocycles. The van der Waals surface area contributed by atoms with Gasteiger partial charge >= 0.3 is 0 Å². The molecule has 1 saturated heterocycles. The zero-order chi connectivity index (χ0) is 22.5. The Hall–Kier alpha value is -3.01. The van der Waals surface area contributed by atoms with Gasteiger partial charge < -0.3 is 20.5 Å². The van der Waals surface area contributed by atoms with E-state index >= 15 is 0 Å². The quantitative estimate of drug-likeness (QED) is 0.500. The van der Waals surface area contributed by atoms with Gasteiger partial charge in [0.15, 0.2) is 0 Å². The van der Waals surface area contributed by atoms with Crippen molar-refractivity contribution in [1.29, 1.82) is 0 Å². The van der Waals surface area contributed by atoms with E-state index in [1.165, 1.54) is 6.33 Å². The zero-order valence-corrected chi connectivity index (χ0v) is 18.4. The predicted octanol–water partition coefficient (Wildman–Crippen LogP) is 2.68. The lowest BCUT2D eigenvalue weighted by Crippen LogP contribution is -2.31. The van der Waals surface area contributed by atoms with Crippen molar-refractivity contribution in [2.45, 2.75) is 31.8 Å². The van der Waals surface area contributed by atoms with Crippen LogP contribution in [-0.2, 0) is 4.74 Å². The summed E-state index contributed by atoms with van der Waals surface area (Å²) in [5.74, 6) is 0.753. The molecule has 4 rings (SSSR count). The van der Waals surface area contributed by atoms with Crippen LogP contribution < -0.4 is 10.6 Å². The molecule has 3 N–H and O–H groups in total. The third kappa shape index (κ3) is 5.24. The van der Waals surface area contributed by atoms with Crippen molar-refractivity contribution < 1.29 is 14.6 Å². The molecule has 0 saturated carbocycles. The number of hydrogen-bond acceptors (Lipinski definition) is 7. The largest absolute Gasteiger partial charge is 0.394 e. The maximum atomic E-state index is 12.7. The van der Waals surface area contributed by atoms with E-state index in [4.69, 9.17) is 16.3 Å². The number of hydrogen-bond donors (Lipinski definition) is 3. The molecule has 1 aliphatic heterocycles. The van der Waals surface area contributed by atoms with Crippen LogP contribution in [-0.4, -0.2) is 56.4 Å². The highest BCUT2D eigenvalue weighted by Crippen LogP contribution is 2.19. The summed E-state index contributed by atoms with van der Waals surface area (Å²) in [4.78, 5) is 26.0. The molecule has 0 bridgehead atoms. The number of carbonyl (C=O) groups is 1. The number of nitrogens with zero attached hydrogens (tertiary/aromatic N) is 4. The van der Waals surface area contributed by atoms with Crippen LogP contribution in [0.25, 0.3) is 5.82 Å². The van der Waals surface area contributed by atoms with E-state index in [1.807, 2.05) is 6.92 Å². The van der Waals surface area contributed by atoms with Crippen LogP contribution in [0.3, 0.4) is 0 Å². The van der Waals surface area contributed by atoms with Crippen LogP contribution in [0.5, 0.6) is 0 Å². The lowest BCUT2D eigenvalue weighted by molar-refractivity contribution is 0.0902. The van der Waals surface area contributed by atoms with Gasteiger partial charge in [0.05, 0.1) is 12.6 Å². The van der Waals surface area contributed by atoms with Gasteiger partial charge in [-0.3, -0.25) is 9.36 Å². The molecular formula is C22H25ClN6O3. The minimum Gasteiger partial charge on any atom is -0.394 e. The van der Waals surface area contributed by atoms with E-state index in [0.29, 0.717) is 22.4 Å². The van der Waals surface area contributed by atoms with Gasteiger partial charge in [0.1, 0.15) is 17.8 Å². The molecule has 0 aliphatic carbocycles. The molecule has 32 heavy (non-hydrogen) atoms. The van der Waals surface area contributed by atoms with E-state index in [1.54, 1.807) is 41.2 Å². The molecule has 1 aromatic carbocycles. The second kappa shape index (κ2) is 10.1. The summed E-state index contributed by atoms with van der Waals surface area (Å²) >= 11 is 6.03. The molecule has 3 aromatic rings. The van der Waals surface area contributed by atoms with Crippen molar-refractivity contribution in [3.63, 3.8) is 0 Å². The van der Waals surface area contributed by atoms with Crippen LogP contribution in [0, 0.1) is 6.92 Å². The number of ether oxygens (including phenoxy) is 1. The smallest absolute Gasteiger partial charge is 0.272 e. The van der Waals surface area contributed by atoms with Gasteiger partial charge in [-0.1, -0.05) is 23.7 Å². The lowest BCUT2D eigenvalue weighted by atomic mass is 10.1. The summed E-state index contributed by atoms with van der Waals surface area (Å²) in [6, 6.07) is 6.68. The average molecular weight is 457 g/mol. The minimum absolute atomic E-state index is 0.211. The first kappa shape index (κ1) is 22.2. The number of carbonyl (C=O) groups excluding carboxylic acids is 1. The number of aromatic nitrogens is 4. The molecule has 1 fully saturated rings. The molecule has 1 atom stereocenters. The number of halogens is 1. The van der Waals surface area contributed by atoms with Gasteiger partial charge in [-0.05, 0) is 37.5 Å². The lowest BCUT2D eigenvalue weighted by Gasteiger charge is -2.23. The first-order valence-electron chi connectivity index (χ1n) is 10.4. The monoisotopic (exact) mass is 456 g/mol. The molecule has 168 valence electrons. The number of aryl methyl sites for hydroxylation is 1. The van der Waals surface area contributed by atoms with Crippen molar-refractivity contribution in [3.8, 4) is 5.82 Å². The average Bonchev–Trinajstić information content (AvgIpc) is 3.29. The molecule has 1 aliphatic rings. The van der Waals surface area contributed by atoms with Gasteiger partial charge in [-0.2, -0.15) is 4.98 Å². The van der Waals surface area contributed by atoms with Crippen LogP contribution in [0.2, 0.25) is 5.02 Å². The molecule has 2 aromatic heterocycles. The minimum atomic E-state index is -0.595. The normalized spacial score (nSPS) is 15.3. The molecule has 0 spiro atoms. The van der Waals surface area contributed by atoms with Crippen LogP contribution in [0.4, 0.5) is 5.95 Å². The fraction of sp³-hybridized carbons (Fsp3) is 0.364. The van der Waals surface area contributed by atoms with E-state index in [0.717, 1.165) is 31.6 Å². The SMILES string of the molecule is Cc1cnc(NC2CCOCC2)nc1-n1cnc(C(=O)NC(CO)c2cccc(Cl)c2)c1. The standard InChI is InChI=1S/C22H25ClN6O3/c1-14-10-24-22(26-17-5-7-32-8-6-17)28-20(14)29-11-18(25-13-29)21(31)27-19(12-30)15-3-2-4-16(23)9-15/h2-4,9-11,13,17,19,30H,5-8,12H2,1H3,(H,27,31)(H,24,26,28). The van der Waals surface area contributed by atoms with E-state index in [-0.39, 0.29) is 18.3 Å². The first-order valence-corrected chi connectivity index (χ1v) is 10.8. The predicted molar refractivity (Wildman–Crippen MR) is 120 cm³/mol. The molecule has 1 unspecified atom stereocenters. The van der Waals surface area contributed by atoms with Crippen molar-refractivity contribution in [2.75, 3.05) is 25.1 Å². The Labute approximate surface area is 190 Å². The number of rotatable bonds is 7. The highest BCUT2D eigenvalue weighted by atomic mass is 35.5. The third-order valence-electron chi connectivity index (χ3n) is 5.30. The van der Waals surface area contributed by atoms with Crippen LogP contribution in [0.1, 0.15) is 40.5 Å². The summed E-state index contributed by atoms with van der Waals surface area (Å²) < 4.78 is 7.08. The fourth-order valence-corrected chi connectivity index (χ4v) is 3.73. The summed E-state index contributed by atoms with van der Waals surface area (Å²) in [6.45, 7) is 3.08. The van der Waals surface area contributed by atoms with Crippen molar-refractivity contribution in [2.24, 2.45) is 0 Å². The van der Waals surface area contributed by atoms with Crippen molar-refractivity contribution >= 4 is 23.5 Å². The number of anilines is 1. The highest BCUT2D eigenvalue weighted by Gasteiger charge is 2.19. The summed E-state index contributed by atoms with van der Waals surface area (Å²) in [6.07, 6.45) is 6.69. The summed E-state index contributed by atoms with van der Waals surface area (Å²) in [7, 11) is 0. The second-order valence-electron chi connectivity index (χ2n) is 7.66. The number of amides is 1. The fourth-order valence-electron chi connectivity index (χ4n) is 3.53. The Morgan fingerprint density at radius 1 is 1.34 bits per heavy atom. The Morgan fingerprint density at radius 3 is 2.91 bits per heavy atom. The second-order valence-corrected chi connectivity index (χ2v) is 8.10.